The van der Waals surface area contributed by atoms with E-state index in [1.165, 1.54) is 21.0 Å². The van der Waals surface area contributed by atoms with E-state index in [1.54, 1.807) is 32.6 Å². The van der Waals surface area contributed by atoms with Gasteiger partial charge in [-0.15, -0.1) is 0 Å². The molecule has 0 radical (unpaired) electrons. The lowest BCUT2D eigenvalue weighted by Crippen LogP contribution is -2.50. The number of carbonyl (C=O) groups is 3. The number of hydrogen-bond acceptors (Lipinski definition) is 16. The van der Waals surface area contributed by atoms with Crippen LogP contribution in [0.1, 0.15) is 117 Å². The monoisotopic (exact) mass is 1380 g/mol. The van der Waals surface area contributed by atoms with E-state index in [2.05, 4.69) is 61.2 Å². The van der Waals surface area contributed by atoms with Crippen molar-refractivity contribution in [1.29, 1.82) is 0 Å². The number of aromatic nitrogens is 12. The summed E-state index contributed by atoms with van der Waals surface area (Å²) in [5, 5.41) is 28.4. The molecule has 3 saturated heterocycles. The average Bonchev–Trinajstić information content (AvgIpc) is 1.61. The molecule has 3 fully saturated rings. The zero-order valence-electron chi connectivity index (χ0n) is 54.3. The van der Waals surface area contributed by atoms with Crippen molar-refractivity contribution in [3.05, 3.63) is 106 Å². The topological polar surface area (TPSA) is 264 Å². The summed E-state index contributed by atoms with van der Waals surface area (Å²) in [6.45, 7) is 7.43. The van der Waals surface area contributed by atoms with Gasteiger partial charge in [0.2, 0.25) is 17.8 Å². The number of carbonyl (C=O) groups excluding carboxylic acids is 3. The van der Waals surface area contributed by atoms with Crippen LogP contribution in [0.3, 0.4) is 0 Å². The van der Waals surface area contributed by atoms with Crippen LogP contribution in [-0.2, 0) is 21.1 Å². The number of nitrogens with one attached hydrogen (secondary N) is 6. The first-order valence-electron chi connectivity index (χ1n) is 30.7. The molecule has 0 spiro atoms. The van der Waals surface area contributed by atoms with Crippen molar-refractivity contribution >= 4 is 81.9 Å². The summed E-state index contributed by atoms with van der Waals surface area (Å²) < 4.78 is 128. The zero-order valence-corrected chi connectivity index (χ0v) is 55.1. The van der Waals surface area contributed by atoms with Gasteiger partial charge in [0.15, 0.2) is 0 Å². The third kappa shape index (κ3) is 17.9. The number of nitrogens with zero attached hydrogens (tertiary/aromatic N) is 15. The fourth-order valence-electron chi connectivity index (χ4n) is 12.8. The zero-order chi connectivity index (χ0) is 69.7. The molecule has 96 heavy (non-hydrogen) atoms. The molecule has 0 aromatic carbocycles. The minimum atomic E-state index is -4.43. The molecular formula is C61H87F10N21O3S. The molecule has 35 heteroatoms. The van der Waals surface area contributed by atoms with Crippen LogP contribution in [0.2, 0.25) is 0 Å². The number of urea groups is 3. The average molecular weight is 1380 g/mol. The van der Waals surface area contributed by atoms with Crippen molar-refractivity contribution in [1.82, 2.24) is 89.9 Å². The largest absolute Gasteiger partial charge is 0.405 e. The van der Waals surface area contributed by atoms with Crippen molar-refractivity contribution in [3.8, 4) is 0 Å². The fourth-order valence-corrected chi connectivity index (χ4v) is 12.8. The van der Waals surface area contributed by atoms with Gasteiger partial charge in [-0.3, -0.25) is 14.0 Å². The molecule has 6 N–H and O–H groups in total. The Labute approximate surface area is 559 Å². The molecule has 0 aliphatic carbocycles. The number of alkyl halides is 9. The van der Waals surface area contributed by atoms with Crippen molar-refractivity contribution in [2.45, 2.75) is 154 Å². The minimum absolute atomic E-state index is 0. The second-order valence-corrected chi connectivity index (χ2v) is 24.5. The molecule has 0 saturated carbocycles. The highest BCUT2D eigenvalue weighted by Crippen LogP contribution is 2.42. The lowest BCUT2D eigenvalue weighted by Gasteiger charge is -2.34. The molecule has 12 heterocycles. The van der Waals surface area contributed by atoms with E-state index < -0.39 is 56.3 Å². The Balaban J connectivity index is 0.000000379. The molecule has 6 amide bonds. The van der Waals surface area contributed by atoms with Crippen LogP contribution in [0.25, 0.3) is 16.7 Å². The molecule has 6 aromatic heterocycles. The molecule has 6 aromatic rings. The summed E-state index contributed by atoms with van der Waals surface area (Å²) in [6.07, 6.45) is 10.7. The van der Waals surface area contributed by atoms with E-state index in [-0.39, 0.29) is 57.0 Å². The quantitative estimate of drug-likeness (QED) is 0.0622. The third-order valence-electron chi connectivity index (χ3n) is 16.8. The number of aryl methyl sites for hydroxylation is 9. The molecular weight excluding hydrogens is 1300 g/mol. The normalized spacial score (nSPS) is 20.1. The maximum Gasteiger partial charge on any atom is 0.405 e. The van der Waals surface area contributed by atoms with Crippen LogP contribution in [0, 0.1) is 41.5 Å². The summed E-state index contributed by atoms with van der Waals surface area (Å²) in [5.74, 6) is 1.32. The van der Waals surface area contributed by atoms with Crippen LogP contribution < -0.4 is 31.9 Å². The Bertz CT molecular complexity index is 3540. The van der Waals surface area contributed by atoms with Crippen LogP contribution in [0.4, 0.5) is 92.7 Å². The minimum Gasteiger partial charge on any atom is -0.329 e. The summed E-state index contributed by atoms with van der Waals surface area (Å²) >= 11 is 0.250. The third-order valence-corrected chi connectivity index (χ3v) is 16.8. The van der Waals surface area contributed by atoms with Crippen LogP contribution in [0.5, 0.6) is 0 Å². The van der Waals surface area contributed by atoms with Gasteiger partial charge in [0.1, 0.15) is 19.6 Å². The van der Waals surface area contributed by atoms with Crippen molar-refractivity contribution < 1.29 is 66.3 Å². The Morgan fingerprint density at radius 3 is 0.927 bits per heavy atom. The van der Waals surface area contributed by atoms with E-state index in [0.29, 0.717) is 37.1 Å². The number of anilines is 6. The summed E-state index contributed by atoms with van der Waals surface area (Å²) in [6, 6.07) is -3.19. The molecule has 6 atom stereocenters. The Morgan fingerprint density at radius 2 is 0.719 bits per heavy atom. The summed E-state index contributed by atoms with van der Waals surface area (Å²) in [7, 11) is 5.50. The predicted molar refractivity (Wildman–Crippen MR) is 353 cm³/mol. The number of rotatable bonds is 12. The van der Waals surface area contributed by atoms with Crippen molar-refractivity contribution in [2.75, 3.05) is 41.8 Å². The van der Waals surface area contributed by atoms with Crippen molar-refractivity contribution in [3.63, 3.8) is 0 Å². The molecule has 2 unspecified atom stereocenters. The lowest BCUT2D eigenvalue weighted by molar-refractivity contribution is -0.124. The summed E-state index contributed by atoms with van der Waals surface area (Å²) in [5.41, 5.74) is 12.9. The summed E-state index contributed by atoms with van der Waals surface area (Å²) in [4.78, 5) is 68.8. The highest BCUT2D eigenvalue weighted by atomic mass is 32.2. The smallest absolute Gasteiger partial charge is 0.329 e. The molecule has 6 aliphatic rings. The fraction of sp³-hybridized carbons (Fsp3) is 0.508. The molecule has 530 valence electrons. The van der Waals surface area contributed by atoms with Gasteiger partial charge in [-0.25, -0.2) is 44.3 Å². The molecule has 6 aliphatic heterocycles. The van der Waals surface area contributed by atoms with Crippen LogP contribution in [-0.4, -0.2) is 173 Å². The van der Waals surface area contributed by atoms with Gasteiger partial charge in [0, 0.05) is 103 Å². The first kappa shape index (κ1) is 71.2. The first-order valence-corrected chi connectivity index (χ1v) is 31.8. The Kier molecular flexibility index (Phi) is 21.9. The maximum absolute atomic E-state index is 12.5. The molecule has 6 bridgehead atoms. The SMILES string of the molecule is CSF.Cc1cnc(Nc2cn(C)nc2C)nc1C1=CC2CCC(C1)N2C(=O)NCC(F)(F)F.Cc1cnc(Nc2cn(C)nc2C)nc1C1=C[C@@H]2CC[C@H](C1)N2C(=O)NCC(F)(F)F.Cc1cnc(Nc2cn(C)nc2C)nc1C1=C[C@H]2CC[C@@H](C1)N2C(=O)NCC(F)(F)F.[HH].[HH].[HH].[HH].[HH].[HH]. The van der Waals surface area contributed by atoms with Gasteiger partial charge in [-0.2, -0.15) is 58.7 Å². The number of halogens is 10. The number of hydrogen-bond donors (Lipinski definition) is 6. The van der Waals surface area contributed by atoms with E-state index in [0.717, 1.165) is 123 Å². The van der Waals surface area contributed by atoms with E-state index in [1.807, 2.05) is 115 Å². The van der Waals surface area contributed by atoms with Gasteiger partial charge in [0.05, 0.1) is 69.4 Å². The maximum atomic E-state index is 12.5. The van der Waals surface area contributed by atoms with Gasteiger partial charge in [0.25, 0.3) is 0 Å². The first-order chi connectivity index (χ1) is 45.2. The molecule has 12 rings (SSSR count). The Hall–Kier alpha value is -9.05. The Morgan fingerprint density at radius 1 is 0.469 bits per heavy atom. The van der Waals surface area contributed by atoms with Gasteiger partial charge >= 0.3 is 36.6 Å². The van der Waals surface area contributed by atoms with Crippen LogP contribution in [0.15, 0.2) is 55.4 Å². The van der Waals surface area contributed by atoms with E-state index in [9.17, 15) is 57.8 Å². The highest BCUT2D eigenvalue weighted by Gasteiger charge is 2.45. The standard InChI is InChI=1S/3C20H24F3N7O.CH3FS.6H2/c3*1-11-8-24-18(26-16-9-29(3)28-12(16)2)27-17(11)13-6-14-4-5-15(7-13)30(14)19(31)25-10-20(21,22)23;1-3-2;;;;;;/h3*6,8-9,14-15H,4-5,7,10H2,1-3H3,(H,25,31)(H,24,26,27);1H3;6*1H/t2*14-,15+;;;;;;;;/m10......../s1. The van der Waals surface area contributed by atoms with E-state index >= 15 is 0 Å². The number of fused-ring (bicyclic) bond motifs is 6. The van der Waals surface area contributed by atoms with Crippen LogP contribution >= 0.6 is 12.1 Å². The second kappa shape index (κ2) is 29.5. The van der Waals surface area contributed by atoms with Gasteiger partial charge < -0.3 is 46.6 Å². The van der Waals surface area contributed by atoms with Crippen molar-refractivity contribution in [2.24, 2.45) is 21.1 Å². The predicted octanol–water partition coefficient (Wildman–Crippen LogP) is 13.1. The van der Waals surface area contributed by atoms with Gasteiger partial charge in [-0.05, 0) is 133 Å². The van der Waals surface area contributed by atoms with Gasteiger partial charge in [-0.1, -0.05) is 18.2 Å². The molecule has 24 nitrogen and oxygen atoms in total. The lowest BCUT2D eigenvalue weighted by atomic mass is 9.96. The van der Waals surface area contributed by atoms with E-state index in [4.69, 9.17) is 0 Å². The highest BCUT2D eigenvalue weighted by molar-refractivity contribution is 7.93. The second-order valence-electron chi connectivity index (χ2n) is 24.2. The number of amides is 6.